The molecule has 1 aliphatic heterocycles. The standard InChI is InChI=1S/C13H18ClNO/c1-3-9-7-10(14)8-11(12(9)16)13(2)5-4-6-15-13/h7-8,15-16H,3-6H2,1-2H3. The van der Waals surface area contributed by atoms with E-state index in [0.29, 0.717) is 10.8 Å². The lowest BCUT2D eigenvalue weighted by molar-refractivity contribution is 0.391. The van der Waals surface area contributed by atoms with Gasteiger partial charge in [-0.3, -0.25) is 0 Å². The number of halogens is 1. The first-order valence-electron chi connectivity index (χ1n) is 5.84. The van der Waals surface area contributed by atoms with Crippen molar-refractivity contribution in [1.29, 1.82) is 0 Å². The molecule has 88 valence electrons. The summed E-state index contributed by atoms with van der Waals surface area (Å²) in [6, 6.07) is 3.73. The molecular weight excluding hydrogens is 222 g/mol. The van der Waals surface area contributed by atoms with E-state index in [4.69, 9.17) is 11.6 Å². The Labute approximate surface area is 102 Å². The van der Waals surface area contributed by atoms with Crippen molar-refractivity contribution in [3.05, 3.63) is 28.3 Å². The van der Waals surface area contributed by atoms with Gasteiger partial charge in [0, 0.05) is 16.1 Å². The lowest BCUT2D eigenvalue weighted by Gasteiger charge is -2.27. The zero-order valence-corrected chi connectivity index (χ0v) is 10.6. The highest BCUT2D eigenvalue weighted by Gasteiger charge is 2.33. The van der Waals surface area contributed by atoms with Crippen molar-refractivity contribution in [2.75, 3.05) is 6.54 Å². The summed E-state index contributed by atoms with van der Waals surface area (Å²) >= 11 is 6.10. The van der Waals surface area contributed by atoms with E-state index < -0.39 is 0 Å². The van der Waals surface area contributed by atoms with Crippen LogP contribution in [0.3, 0.4) is 0 Å². The van der Waals surface area contributed by atoms with E-state index in [2.05, 4.69) is 12.2 Å². The fourth-order valence-corrected chi connectivity index (χ4v) is 2.71. The Morgan fingerprint density at radius 1 is 1.50 bits per heavy atom. The maximum Gasteiger partial charge on any atom is 0.123 e. The summed E-state index contributed by atoms with van der Waals surface area (Å²) < 4.78 is 0. The number of nitrogens with one attached hydrogen (secondary N) is 1. The van der Waals surface area contributed by atoms with Crippen LogP contribution in [0.25, 0.3) is 0 Å². The predicted octanol–water partition coefficient (Wildman–Crippen LogP) is 3.21. The van der Waals surface area contributed by atoms with Gasteiger partial charge in [-0.05, 0) is 50.4 Å². The molecule has 1 aliphatic rings. The second kappa shape index (κ2) is 4.27. The van der Waals surface area contributed by atoms with Crippen LogP contribution in [0.15, 0.2) is 12.1 Å². The highest BCUT2D eigenvalue weighted by molar-refractivity contribution is 6.30. The third kappa shape index (κ3) is 1.92. The second-order valence-electron chi connectivity index (χ2n) is 4.68. The fourth-order valence-electron chi connectivity index (χ4n) is 2.47. The molecular formula is C13H18ClNO. The molecule has 2 N–H and O–H groups in total. The second-order valence-corrected chi connectivity index (χ2v) is 5.11. The van der Waals surface area contributed by atoms with Gasteiger partial charge in [0.1, 0.15) is 5.75 Å². The van der Waals surface area contributed by atoms with Crippen LogP contribution >= 0.6 is 11.6 Å². The molecule has 1 heterocycles. The number of benzene rings is 1. The van der Waals surface area contributed by atoms with Gasteiger partial charge in [-0.25, -0.2) is 0 Å². The summed E-state index contributed by atoms with van der Waals surface area (Å²) in [5.41, 5.74) is 1.74. The van der Waals surface area contributed by atoms with Crippen molar-refractivity contribution in [2.45, 2.75) is 38.6 Å². The highest BCUT2D eigenvalue weighted by atomic mass is 35.5. The van der Waals surface area contributed by atoms with Crippen LogP contribution in [0.2, 0.25) is 5.02 Å². The summed E-state index contributed by atoms with van der Waals surface area (Å²) in [5, 5.41) is 14.4. The Morgan fingerprint density at radius 2 is 2.25 bits per heavy atom. The van der Waals surface area contributed by atoms with Crippen LogP contribution in [-0.4, -0.2) is 11.7 Å². The minimum atomic E-state index is -0.126. The third-order valence-corrected chi connectivity index (χ3v) is 3.72. The Balaban J connectivity index is 2.51. The molecule has 0 radical (unpaired) electrons. The Bertz CT molecular complexity index is 397. The number of phenolic OH excluding ortho intramolecular Hbond substituents is 1. The van der Waals surface area contributed by atoms with Gasteiger partial charge < -0.3 is 10.4 Å². The van der Waals surface area contributed by atoms with E-state index in [9.17, 15) is 5.11 Å². The molecule has 0 bridgehead atoms. The van der Waals surface area contributed by atoms with Crippen molar-refractivity contribution in [1.82, 2.24) is 5.32 Å². The zero-order valence-electron chi connectivity index (χ0n) is 9.81. The van der Waals surface area contributed by atoms with Crippen LogP contribution in [0, 0.1) is 0 Å². The molecule has 1 fully saturated rings. The molecule has 2 rings (SSSR count). The molecule has 1 aromatic rings. The molecule has 1 aromatic carbocycles. The fraction of sp³-hybridized carbons (Fsp3) is 0.538. The van der Waals surface area contributed by atoms with Crippen molar-refractivity contribution >= 4 is 11.6 Å². The molecule has 0 saturated carbocycles. The van der Waals surface area contributed by atoms with Crippen LogP contribution in [0.1, 0.15) is 37.8 Å². The Kier molecular flexibility index (Phi) is 3.13. The maximum atomic E-state index is 10.2. The summed E-state index contributed by atoms with van der Waals surface area (Å²) in [5.74, 6) is 0.406. The molecule has 2 nitrogen and oxygen atoms in total. The number of aryl methyl sites for hydroxylation is 1. The van der Waals surface area contributed by atoms with Crippen molar-refractivity contribution in [3.63, 3.8) is 0 Å². The van der Waals surface area contributed by atoms with E-state index in [1.807, 2.05) is 19.1 Å². The number of phenols is 1. The first kappa shape index (κ1) is 11.7. The topological polar surface area (TPSA) is 32.3 Å². The molecule has 0 aliphatic carbocycles. The van der Waals surface area contributed by atoms with Gasteiger partial charge in [0.15, 0.2) is 0 Å². The average molecular weight is 240 g/mol. The molecule has 0 spiro atoms. The molecule has 1 saturated heterocycles. The van der Waals surface area contributed by atoms with Gasteiger partial charge in [0.2, 0.25) is 0 Å². The summed E-state index contributed by atoms with van der Waals surface area (Å²) in [6.45, 7) is 5.16. The van der Waals surface area contributed by atoms with E-state index >= 15 is 0 Å². The SMILES string of the molecule is CCc1cc(Cl)cc(C2(C)CCCN2)c1O. The monoisotopic (exact) mass is 239 g/mol. The molecule has 1 unspecified atom stereocenters. The van der Waals surface area contributed by atoms with Crippen molar-refractivity contribution in [2.24, 2.45) is 0 Å². The van der Waals surface area contributed by atoms with Crippen LogP contribution in [0.4, 0.5) is 0 Å². The van der Waals surface area contributed by atoms with E-state index in [1.54, 1.807) is 0 Å². The van der Waals surface area contributed by atoms with Gasteiger partial charge in [-0.15, -0.1) is 0 Å². The first-order chi connectivity index (χ1) is 7.57. The quantitative estimate of drug-likeness (QED) is 0.831. The van der Waals surface area contributed by atoms with E-state index in [1.165, 1.54) is 0 Å². The summed E-state index contributed by atoms with van der Waals surface area (Å²) in [7, 11) is 0. The number of hydrogen-bond acceptors (Lipinski definition) is 2. The maximum absolute atomic E-state index is 10.2. The van der Waals surface area contributed by atoms with Crippen LogP contribution in [0.5, 0.6) is 5.75 Å². The highest BCUT2D eigenvalue weighted by Crippen LogP contribution is 2.39. The minimum Gasteiger partial charge on any atom is -0.507 e. The minimum absolute atomic E-state index is 0.126. The normalized spacial score (nSPS) is 24.9. The molecule has 0 aromatic heterocycles. The lowest BCUT2D eigenvalue weighted by atomic mass is 9.88. The first-order valence-corrected chi connectivity index (χ1v) is 6.21. The molecule has 16 heavy (non-hydrogen) atoms. The largest absolute Gasteiger partial charge is 0.507 e. The van der Waals surface area contributed by atoms with E-state index in [0.717, 1.165) is 36.9 Å². The van der Waals surface area contributed by atoms with Crippen LogP contribution < -0.4 is 5.32 Å². The number of rotatable bonds is 2. The smallest absolute Gasteiger partial charge is 0.123 e. The average Bonchev–Trinajstić information content (AvgIpc) is 2.69. The van der Waals surface area contributed by atoms with Gasteiger partial charge >= 0.3 is 0 Å². The third-order valence-electron chi connectivity index (χ3n) is 3.50. The Hall–Kier alpha value is -0.730. The number of hydrogen-bond donors (Lipinski definition) is 2. The molecule has 1 atom stereocenters. The summed E-state index contributed by atoms with van der Waals surface area (Å²) in [4.78, 5) is 0. The van der Waals surface area contributed by atoms with E-state index in [-0.39, 0.29) is 5.54 Å². The van der Waals surface area contributed by atoms with Gasteiger partial charge in [0.05, 0.1) is 0 Å². The van der Waals surface area contributed by atoms with Crippen LogP contribution in [-0.2, 0) is 12.0 Å². The van der Waals surface area contributed by atoms with Gasteiger partial charge in [-0.1, -0.05) is 18.5 Å². The molecule has 3 heteroatoms. The predicted molar refractivity (Wildman–Crippen MR) is 67.1 cm³/mol. The van der Waals surface area contributed by atoms with Gasteiger partial charge in [-0.2, -0.15) is 0 Å². The van der Waals surface area contributed by atoms with Gasteiger partial charge in [0.25, 0.3) is 0 Å². The lowest BCUT2D eigenvalue weighted by Crippen LogP contribution is -2.33. The summed E-state index contributed by atoms with van der Waals surface area (Å²) in [6.07, 6.45) is 2.99. The van der Waals surface area contributed by atoms with Crippen molar-refractivity contribution in [3.8, 4) is 5.75 Å². The molecule has 0 amide bonds. The number of aromatic hydroxyl groups is 1. The Morgan fingerprint density at radius 3 is 2.81 bits per heavy atom. The van der Waals surface area contributed by atoms with Crippen molar-refractivity contribution < 1.29 is 5.11 Å². The zero-order chi connectivity index (χ0) is 11.8.